The van der Waals surface area contributed by atoms with E-state index in [0.717, 1.165) is 19.2 Å². The molecule has 0 saturated carbocycles. The first-order chi connectivity index (χ1) is 9.40. The van der Waals surface area contributed by atoms with Crippen LogP contribution in [0.15, 0.2) is 12.1 Å². The second kappa shape index (κ2) is 5.66. The number of hydrogen-bond donors (Lipinski definition) is 2. The van der Waals surface area contributed by atoms with E-state index in [1.807, 2.05) is 4.90 Å². The number of halogens is 1. The van der Waals surface area contributed by atoms with Crippen LogP contribution in [0.4, 0.5) is 15.8 Å². The average molecular weight is 281 g/mol. The van der Waals surface area contributed by atoms with E-state index in [0.29, 0.717) is 24.8 Å². The molecule has 0 atom stereocenters. The first kappa shape index (κ1) is 14.6. The van der Waals surface area contributed by atoms with Crippen LogP contribution in [-0.4, -0.2) is 48.2 Å². The Labute approximate surface area is 117 Å². The van der Waals surface area contributed by atoms with Gasteiger partial charge in [-0.25, -0.2) is 9.18 Å². The SMILES string of the molecule is CC(C)N1CCN(c2cc(C(=O)O)c(N)cc2F)CC1. The Balaban J connectivity index is 2.21. The van der Waals surface area contributed by atoms with Crippen LogP contribution in [0, 0.1) is 5.82 Å². The number of piperazine rings is 1. The molecule has 0 unspecified atom stereocenters. The smallest absolute Gasteiger partial charge is 0.337 e. The number of carboxylic acids is 1. The third kappa shape index (κ3) is 2.85. The lowest BCUT2D eigenvalue weighted by Gasteiger charge is -2.38. The number of anilines is 2. The molecule has 0 amide bonds. The van der Waals surface area contributed by atoms with Crippen molar-refractivity contribution in [3.63, 3.8) is 0 Å². The van der Waals surface area contributed by atoms with Crippen molar-refractivity contribution in [1.82, 2.24) is 4.90 Å². The van der Waals surface area contributed by atoms with Crippen molar-refractivity contribution >= 4 is 17.3 Å². The quantitative estimate of drug-likeness (QED) is 0.824. The number of carboxylic acid groups (broad SMARTS) is 1. The minimum absolute atomic E-state index is 0.0421. The summed E-state index contributed by atoms with van der Waals surface area (Å²) in [4.78, 5) is 15.3. The topological polar surface area (TPSA) is 69.8 Å². The number of rotatable bonds is 3. The van der Waals surface area contributed by atoms with Crippen LogP contribution in [0.2, 0.25) is 0 Å². The molecule has 0 radical (unpaired) electrons. The predicted octanol–water partition coefficient (Wildman–Crippen LogP) is 1.64. The van der Waals surface area contributed by atoms with Crippen molar-refractivity contribution in [3.8, 4) is 0 Å². The van der Waals surface area contributed by atoms with E-state index in [4.69, 9.17) is 10.8 Å². The normalized spacial score (nSPS) is 16.7. The van der Waals surface area contributed by atoms with E-state index in [-0.39, 0.29) is 11.3 Å². The summed E-state index contributed by atoms with van der Waals surface area (Å²) in [5, 5.41) is 9.06. The summed E-state index contributed by atoms with van der Waals surface area (Å²) in [7, 11) is 0. The molecular formula is C14H20FN3O2. The van der Waals surface area contributed by atoms with Gasteiger partial charge in [0.25, 0.3) is 0 Å². The van der Waals surface area contributed by atoms with E-state index < -0.39 is 11.8 Å². The van der Waals surface area contributed by atoms with Gasteiger partial charge in [-0.05, 0) is 26.0 Å². The standard InChI is InChI=1S/C14H20FN3O2/c1-9(2)17-3-5-18(6-4-17)13-7-10(14(19)20)12(16)8-11(13)15/h7-9H,3-6,16H2,1-2H3,(H,19,20). The first-order valence-corrected chi connectivity index (χ1v) is 6.71. The van der Waals surface area contributed by atoms with Crippen LogP contribution in [0.5, 0.6) is 0 Å². The number of nitrogens with zero attached hydrogens (tertiary/aromatic N) is 2. The van der Waals surface area contributed by atoms with Gasteiger partial charge >= 0.3 is 5.97 Å². The third-order valence-electron chi connectivity index (χ3n) is 3.73. The van der Waals surface area contributed by atoms with Crippen LogP contribution in [0.1, 0.15) is 24.2 Å². The van der Waals surface area contributed by atoms with E-state index in [1.165, 1.54) is 6.07 Å². The number of carbonyl (C=O) groups is 1. The molecule has 0 bridgehead atoms. The lowest BCUT2D eigenvalue weighted by molar-refractivity contribution is 0.0698. The van der Waals surface area contributed by atoms with Gasteiger partial charge in [-0.15, -0.1) is 0 Å². The predicted molar refractivity (Wildman–Crippen MR) is 76.7 cm³/mol. The van der Waals surface area contributed by atoms with Crippen LogP contribution in [0.3, 0.4) is 0 Å². The summed E-state index contributed by atoms with van der Waals surface area (Å²) >= 11 is 0. The molecule has 0 spiro atoms. The Morgan fingerprint density at radius 3 is 2.40 bits per heavy atom. The molecule has 1 aliphatic rings. The lowest BCUT2D eigenvalue weighted by atomic mass is 10.1. The lowest BCUT2D eigenvalue weighted by Crippen LogP contribution is -2.49. The maximum absolute atomic E-state index is 14.0. The van der Waals surface area contributed by atoms with Gasteiger partial charge in [0.2, 0.25) is 0 Å². The van der Waals surface area contributed by atoms with Crippen molar-refractivity contribution in [3.05, 3.63) is 23.5 Å². The van der Waals surface area contributed by atoms with E-state index in [1.54, 1.807) is 0 Å². The molecule has 5 nitrogen and oxygen atoms in total. The van der Waals surface area contributed by atoms with Crippen molar-refractivity contribution in [2.45, 2.75) is 19.9 Å². The Morgan fingerprint density at radius 1 is 1.30 bits per heavy atom. The molecule has 1 aliphatic heterocycles. The number of hydrogen-bond acceptors (Lipinski definition) is 4. The monoisotopic (exact) mass is 281 g/mol. The van der Waals surface area contributed by atoms with Gasteiger partial charge in [0, 0.05) is 37.9 Å². The summed E-state index contributed by atoms with van der Waals surface area (Å²) in [5.41, 5.74) is 5.76. The third-order valence-corrected chi connectivity index (χ3v) is 3.73. The maximum Gasteiger partial charge on any atom is 0.337 e. The second-order valence-corrected chi connectivity index (χ2v) is 5.31. The zero-order valence-electron chi connectivity index (χ0n) is 11.8. The van der Waals surface area contributed by atoms with Gasteiger partial charge in [-0.3, -0.25) is 4.90 Å². The fraction of sp³-hybridized carbons (Fsp3) is 0.500. The fourth-order valence-electron chi connectivity index (χ4n) is 2.48. The number of nitrogens with two attached hydrogens (primary N) is 1. The zero-order valence-corrected chi connectivity index (χ0v) is 11.8. The molecule has 0 aromatic heterocycles. The average Bonchev–Trinajstić information content (AvgIpc) is 2.38. The molecule has 3 N–H and O–H groups in total. The number of nitrogen functional groups attached to an aromatic ring is 1. The molecule has 1 saturated heterocycles. The summed E-state index contributed by atoms with van der Waals surface area (Å²) < 4.78 is 14.0. The Bertz CT molecular complexity index is 511. The van der Waals surface area contributed by atoms with E-state index >= 15 is 0 Å². The fourth-order valence-corrected chi connectivity index (χ4v) is 2.48. The summed E-state index contributed by atoms with van der Waals surface area (Å²) in [6.07, 6.45) is 0. The molecular weight excluding hydrogens is 261 g/mol. The molecule has 1 fully saturated rings. The molecule has 1 aromatic carbocycles. The van der Waals surface area contributed by atoms with Crippen LogP contribution in [-0.2, 0) is 0 Å². The Morgan fingerprint density at radius 2 is 1.90 bits per heavy atom. The molecule has 0 aliphatic carbocycles. The van der Waals surface area contributed by atoms with Gasteiger partial charge in [0.1, 0.15) is 5.82 Å². The highest BCUT2D eigenvalue weighted by Gasteiger charge is 2.23. The molecule has 110 valence electrons. The van der Waals surface area contributed by atoms with E-state index in [9.17, 15) is 9.18 Å². The van der Waals surface area contributed by atoms with Crippen molar-refractivity contribution in [2.24, 2.45) is 0 Å². The largest absolute Gasteiger partial charge is 0.478 e. The van der Waals surface area contributed by atoms with Crippen molar-refractivity contribution < 1.29 is 14.3 Å². The molecule has 6 heteroatoms. The maximum atomic E-state index is 14.0. The number of benzene rings is 1. The van der Waals surface area contributed by atoms with Crippen LogP contribution < -0.4 is 10.6 Å². The minimum atomic E-state index is -1.13. The summed E-state index contributed by atoms with van der Waals surface area (Å²) in [5.74, 6) is -1.60. The highest BCUT2D eigenvalue weighted by Crippen LogP contribution is 2.26. The number of aromatic carboxylic acids is 1. The van der Waals surface area contributed by atoms with Crippen molar-refractivity contribution in [2.75, 3.05) is 36.8 Å². The van der Waals surface area contributed by atoms with Crippen LogP contribution >= 0.6 is 0 Å². The highest BCUT2D eigenvalue weighted by molar-refractivity contribution is 5.95. The molecule has 1 heterocycles. The van der Waals surface area contributed by atoms with Gasteiger partial charge in [0.05, 0.1) is 11.3 Å². The molecule has 2 rings (SSSR count). The molecule has 20 heavy (non-hydrogen) atoms. The van der Waals surface area contributed by atoms with Gasteiger partial charge in [0.15, 0.2) is 0 Å². The van der Waals surface area contributed by atoms with Gasteiger partial charge in [-0.1, -0.05) is 0 Å². The highest BCUT2D eigenvalue weighted by atomic mass is 19.1. The second-order valence-electron chi connectivity index (χ2n) is 5.31. The van der Waals surface area contributed by atoms with Crippen molar-refractivity contribution in [1.29, 1.82) is 0 Å². The summed E-state index contributed by atoms with van der Waals surface area (Å²) in [6.45, 7) is 7.29. The Kier molecular flexibility index (Phi) is 4.13. The summed E-state index contributed by atoms with van der Waals surface area (Å²) in [6, 6.07) is 2.88. The van der Waals surface area contributed by atoms with E-state index in [2.05, 4.69) is 18.7 Å². The minimum Gasteiger partial charge on any atom is -0.478 e. The Hall–Kier alpha value is -1.82. The van der Waals surface area contributed by atoms with Gasteiger partial charge < -0.3 is 15.7 Å². The molecule has 1 aromatic rings. The van der Waals surface area contributed by atoms with Gasteiger partial charge in [-0.2, -0.15) is 0 Å². The van der Waals surface area contributed by atoms with Crippen LogP contribution in [0.25, 0.3) is 0 Å². The first-order valence-electron chi connectivity index (χ1n) is 6.71. The zero-order chi connectivity index (χ0) is 14.9.